The number of carbonyl (C=O) groups excluding carboxylic acids is 1. The number of benzene rings is 1. The number of hydrogen-bond donors (Lipinski definition) is 1. The number of piperazine rings is 1. The minimum atomic E-state index is 0. The number of carbonyl (C=O) groups is 1. The molecule has 170 valence electrons. The van der Waals surface area contributed by atoms with E-state index in [-0.39, 0.29) is 25.4 Å². The molecule has 3 fully saturated rings. The monoisotopic (exact) mass is 521 g/mol. The third-order valence-electron chi connectivity index (χ3n) is 5.47. The first-order valence-corrected chi connectivity index (χ1v) is 11.0. The molecule has 2 aliphatic carbocycles. The summed E-state index contributed by atoms with van der Waals surface area (Å²) >= 11 is 0. The molecule has 1 N–H and O–H groups in total. The van der Waals surface area contributed by atoms with Gasteiger partial charge in [-0.3, -0.25) is 9.69 Å². The molecule has 1 heterocycles. The average molecular weight is 521 g/mol. The first kappa shape index (κ1) is 27.1. The van der Waals surface area contributed by atoms with Crippen LogP contribution in [0, 0.1) is 63.7 Å². The molecule has 0 atom stereocenters. The topological polar surface area (TPSA) is 44.8 Å². The summed E-state index contributed by atoms with van der Waals surface area (Å²) < 4.78 is 5.47. The van der Waals surface area contributed by atoms with Gasteiger partial charge in [-0.15, -0.1) is 0 Å². The number of anilines is 1. The van der Waals surface area contributed by atoms with Gasteiger partial charge in [-0.05, 0) is 89.3 Å². The molecule has 32 heavy (non-hydrogen) atoms. The Bertz CT molecular complexity index is 632. The molecule has 2 saturated carbocycles. The number of amides is 1. The van der Waals surface area contributed by atoms with Gasteiger partial charge in [0.1, 0.15) is 5.75 Å². The van der Waals surface area contributed by atoms with E-state index in [4.69, 9.17) is 4.74 Å². The van der Waals surface area contributed by atoms with Gasteiger partial charge in [-0.1, -0.05) is 12.1 Å². The average Bonchev–Trinajstić information content (AvgIpc) is 3.56. The Morgan fingerprint density at radius 3 is 2.16 bits per heavy atom. The number of nitrogens with zero attached hydrogens (tertiary/aromatic N) is 2. The molecule has 1 aliphatic heterocycles. The quantitative estimate of drug-likeness (QED) is 0.423. The van der Waals surface area contributed by atoms with Crippen LogP contribution in [0.1, 0.15) is 12.8 Å². The number of rotatable bonds is 8. The zero-order chi connectivity index (χ0) is 21.7. The summed E-state index contributed by atoms with van der Waals surface area (Å²) in [7, 11) is 1.73. The van der Waals surface area contributed by atoms with Gasteiger partial charge >= 0.3 is 19.5 Å². The number of methoxy groups -OCH3 is 1. The Hall–Kier alpha value is -1.13. The van der Waals surface area contributed by atoms with Crippen LogP contribution in [0.5, 0.6) is 5.75 Å². The van der Waals surface area contributed by atoms with E-state index in [0.717, 1.165) is 63.8 Å². The zero-order valence-electron chi connectivity index (χ0n) is 18.7. The van der Waals surface area contributed by atoms with Gasteiger partial charge in [-0.25, -0.2) is 0 Å². The predicted molar refractivity (Wildman–Crippen MR) is 126 cm³/mol. The van der Waals surface area contributed by atoms with Crippen molar-refractivity contribution in [1.82, 2.24) is 10.2 Å². The predicted octanol–water partition coefficient (Wildman–Crippen LogP) is 3.14. The van der Waals surface area contributed by atoms with Crippen molar-refractivity contribution < 1.29 is 29.0 Å². The molecule has 6 heteroatoms. The Morgan fingerprint density at radius 2 is 1.53 bits per heavy atom. The maximum atomic E-state index is 11.9. The summed E-state index contributed by atoms with van der Waals surface area (Å²) in [4.78, 5) is 16.8. The fourth-order valence-corrected chi connectivity index (χ4v) is 3.71. The summed E-state index contributed by atoms with van der Waals surface area (Å²) in [5, 5.41) is 2.98. The van der Waals surface area contributed by atoms with Crippen LogP contribution in [0.25, 0.3) is 0 Å². The van der Waals surface area contributed by atoms with Crippen LogP contribution in [0.15, 0.2) is 24.3 Å². The van der Waals surface area contributed by atoms with Crippen LogP contribution >= 0.6 is 0 Å². The standard InChI is InChI=1S/C21H28N3O2.C5H5.Ru/c1-26-20-11-5-4-10-19(20)24-16-14-23(15-17-24)13-7-6-12-22-21(25)18-8-2-3-9-18;1-2-4-5-3-1;/h2-5,8-11H,6-7,12-17H2,1H3,(H,22,25);1-5H;/q;;+2. The van der Waals surface area contributed by atoms with Crippen LogP contribution in [-0.4, -0.2) is 57.2 Å². The van der Waals surface area contributed by atoms with Gasteiger partial charge in [0, 0.05) is 32.7 Å². The molecule has 0 spiro atoms. The SMILES string of the molecule is COc1ccccc1N1CCN(CCCCNC(=O)[C]2[CH][CH][CH][CH]2)CC1.[CH]1[CH][CH][CH][CH]1.[Ru+2]. The van der Waals surface area contributed by atoms with Crippen LogP contribution in [-0.2, 0) is 24.3 Å². The summed E-state index contributed by atoms with van der Waals surface area (Å²) in [6.45, 7) is 6.01. The molecule has 4 rings (SSSR count). The van der Waals surface area contributed by atoms with Gasteiger partial charge in [0.05, 0.1) is 18.7 Å². The maximum Gasteiger partial charge on any atom is 2.00 e. The van der Waals surface area contributed by atoms with E-state index in [1.807, 2.05) is 69.9 Å². The van der Waals surface area contributed by atoms with Crippen molar-refractivity contribution in [3.63, 3.8) is 0 Å². The molecule has 0 aromatic heterocycles. The summed E-state index contributed by atoms with van der Waals surface area (Å²) in [5.74, 6) is 1.72. The van der Waals surface area contributed by atoms with E-state index >= 15 is 0 Å². The second-order valence-corrected chi connectivity index (χ2v) is 7.60. The Labute approximate surface area is 208 Å². The van der Waals surface area contributed by atoms with Crippen LogP contribution in [0.4, 0.5) is 5.69 Å². The van der Waals surface area contributed by atoms with Crippen LogP contribution in [0.2, 0.25) is 0 Å². The second kappa shape index (κ2) is 15.7. The number of hydrogen-bond acceptors (Lipinski definition) is 4. The molecule has 1 aromatic rings. The molecule has 1 amide bonds. The second-order valence-electron chi connectivity index (χ2n) is 7.60. The van der Waals surface area contributed by atoms with Gasteiger partial charge in [-0.2, -0.15) is 0 Å². The third-order valence-corrected chi connectivity index (χ3v) is 5.47. The first-order chi connectivity index (χ1) is 15.3. The zero-order valence-corrected chi connectivity index (χ0v) is 20.5. The van der Waals surface area contributed by atoms with E-state index in [0.29, 0.717) is 0 Å². The van der Waals surface area contributed by atoms with E-state index in [9.17, 15) is 4.79 Å². The molecular weight excluding hydrogens is 487 g/mol. The molecule has 0 bridgehead atoms. The Balaban J connectivity index is 0.000000534. The number of unbranched alkanes of at least 4 members (excludes halogenated alkanes) is 1. The van der Waals surface area contributed by atoms with Crippen molar-refractivity contribution in [2.45, 2.75) is 12.8 Å². The number of para-hydroxylation sites is 2. The molecule has 3 aliphatic rings. The Kier molecular flexibility index (Phi) is 13.3. The molecule has 1 saturated heterocycles. The normalized spacial score (nSPS) is 19.1. The van der Waals surface area contributed by atoms with Gasteiger partial charge in [0.25, 0.3) is 0 Å². The van der Waals surface area contributed by atoms with Gasteiger partial charge < -0.3 is 15.0 Å². The summed E-state index contributed by atoms with van der Waals surface area (Å²) in [6.07, 6.45) is 19.6. The van der Waals surface area contributed by atoms with Gasteiger partial charge in [0.15, 0.2) is 0 Å². The molecule has 5 nitrogen and oxygen atoms in total. The first-order valence-electron chi connectivity index (χ1n) is 11.0. The van der Waals surface area contributed by atoms with E-state index < -0.39 is 0 Å². The largest absolute Gasteiger partial charge is 2.00 e. The summed E-state index contributed by atoms with van der Waals surface area (Å²) in [6, 6.07) is 8.22. The van der Waals surface area contributed by atoms with Crippen molar-refractivity contribution in [2.24, 2.45) is 0 Å². The minimum Gasteiger partial charge on any atom is -0.495 e. The maximum absolute atomic E-state index is 11.9. The van der Waals surface area contributed by atoms with Crippen molar-refractivity contribution in [3.05, 3.63) is 88.0 Å². The third kappa shape index (κ3) is 9.02. The smallest absolute Gasteiger partial charge is 0.495 e. The minimum absolute atomic E-state index is 0. The van der Waals surface area contributed by atoms with E-state index in [2.05, 4.69) is 27.2 Å². The van der Waals surface area contributed by atoms with Crippen molar-refractivity contribution in [3.8, 4) is 5.75 Å². The molecule has 10 radical (unpaired) electrons. The van der Waals surface area contributed by atoms with Crippen molar-refractivity contribution >= 4 is 11.6 Å². The molecule has 1 aromatic carbocycles. The Morgan fingerprint density at radius 1 is 0.906 bits per heavy atom. The summed E-state index contributed by atoms with van der Waals surface area (Å²) in [5.41, 5.74) is 1.19. The van der Waals surface area contributed by atoms with Gasteiger partial charge in [0.2, 0.25) is 5.91 Å². The molecule has 0 unspecified atom stereocenters. The number of ether oxygens (including phenoxy) is 1. The van der Waals surface area contributed by atoms with E-state index in [1.165, 1.54) is 5.69 Å². The van der Waals surface area contributed by atoms with Crippen molar-refractivity contribution in [2.75, 3.05) is 51.3 Å². The number of nitrogens with one attached hydrogen (secondary N) is 1. The fourth-order valence-electron chi connectivity index (χ4n) is 3.71. The van der Waals surface area contributed by atoms with Crippen LogP contribution < -0.4 is 15.0 Å². The van der Waals surface area contributed by atoms with E-state index in [1.54, 1.807) is 7.11 Å². The van der Waals surface area contributed by atoms with Crippen molar-refractivity contribution in [1.29, 1.82) is 0 Å². The molecular formula is C26H33N3O2Ru+2. The fraction of sp³-hybridized carbons (Fsp3) is 0.346. The van der Waals surface area contributed by atoms with Crippen LogP contribution in [0.3, 0.4) is 0 Å².